The molecule has 0 aliphatic heterocycles. The van der Waals surface area contributed by atoms with E-state index in [0.717, 1.165) is 19.3 Å². The minimum Gasteiger partial charge on any atom is -0.0622 e. The Morgan fingerprint density at radius 2 is 1.28 bits per heavy atom. The van der Waals surface area contributed by atoms with Crippen molar-refractivity contribution in [1.29, 1.82) is 0 Å². The predicted molar refractivity (Wildman–Crippen MR) is 80.0 cm³/mol. The van der Waals surface area contributed by atoms with Crippen LogP contribution in [0.25, 0.3) is 11.1 Å². The summed E-state index contributed by atoms with van der Waals surface area (Å²) < 4.78 is 0. The van der Waals surface area contributed by atoms with Gasteiger partial charge in [0.15, 0.2) is 0 Å². The lowest BCUT2D eigenvalue weighted by Gasteiger charge is -2.15. The minimum atomic E-state index is 1.10. The van der Waals surface area contributed by atoms with Crippen LogP contribution in [0, 0.1) is 0 Å². The summed E-state index contributed by atoms with van der Waals surface area (Å²) in [5.74, 6) is 0. The van der Waals surface area contributed by atoms with Crippen molar-refractivity contribution in [2.45, 2.75) is 40.0 Å². The van der Waals surface area contributed by atoms with E-state index in [1.165, 1.54) is 27.8 Å². The van der Waals surface area contributed by atoms with Crippen molar-refractivity contribution < 1.29 is 0 Å². The molecule has 0 N–H and O–H groups in total. The third-order valence-corrected chi connectivity index (χ3v) is 3.59. The Bertz CT molecular complexity index is 484. The van der Waals surface area contributed by atoms with E-state index in [1.54, 1.807) is 0 Å². The zero-order valence-electron chi connectivity index (χ0n) is 11.7. The Kier molecular flexibility index (Phi) is 4.19. The van der Waals surface area contributed by atoms with Crippen LogP contribution < -0.4 is 0 Å². The van der Waals surface area contributed by atoms with Gasteiger partial charge in [-0.25, -0.2) is 0 Å². The number of hydrogen-bond acceptors (Lipinski definition) is 0. The van der Waals surface area contributed by atoms with Crippen LogP contribution >= 0.6 is 0 Å². The van der Waals surface area contributed by atoms with Gasteiger partial charge in [-0.05, 0) is 47.1 Å². The van der Waals surface area contributed by atoms with Crippen LogP contribution in [0.3, 0.4) is 0 Å². The average Bonchev–Trinajstić information content (AvgIpc) is 2.46. The molecule has 0 bridgehead atoms. The molecule has 0 saturated carbocycles. The molecule has 0 heteroatoms. The second-order valence-corrected chi connectivity index (χ2v) is 4.72. The van der Waals surface area contributed by atoms with Crippen LogP contribution in [0.5, 0.6) is 0 Å². The first-order chi connectivity index (χ1) is 8.80. The molecule has 0 spiro atoms. The lowest BCUT2D eigenvalue weighted by Crippen LogP contribution is -1.97. The maximum absolute atomic E-state index is 2.38. The number of benzene rings is 2. The van der Waals surface area contributed by atoms with Crippen molar-refractivity contribution in [1.82, 2.24) is 0 Å². The molecule has 0 heterocycles. The average molecular weight is 238 g/mol. The van der Waals surface area contributed by atoms with E-state index in [-0.39, 0.29) is 0 Å². The van der Waals surface area contributed by atoms with Gasteiger partial charge in [-0.3, -0.25) is 0 Å². The highest BCUT2D eigenvalue weighted by molar-refractivity contribution is 5.71. The van der Waals surface area contributed by atoms with E-state index in [0.29, 0.717) is 0 Å². The fourth-order valence-corrected chi connectivity index (χ4v) is 2.58. The van der Waals surface area contributed by atoms with Gasteiger partial charge < -0.3 is 0 Å². The third-order valence-electron chi connectivity index (χ3n) is 3.59. The van der Waals surface area contributed by atoms with Gasteiger partial charge in [-0.15, -0.1) is 0 Å². The highest BCUT2D eigenvalue weighted by Crippen LogP contribution is 2.30. The summed E-state index contributed by atoms with van der Waals surface area (Å²) in [6.07, 6.45) is 3.32. The van der Waals surface area contributed by atoms with E-state index < -0.39 is 0 Å². The molecule has 18 heavy (non-hydrogen) atoms. The molecule has 0 aliphatic carbocycles. The van der Waals surface area contributed by atoms with Crippen molar-refractivity contribution >= 4 is 0 Å². The topological polar surface area (TPSA) is 0 Å². The summed E-state index contributed by atoms with van der Waals surface area (Å²) in [7, 11) is 0. The van der Waals surface area contributed by atoms with Crippen LogP contribution in [-0.2, 0) is 19.3 Å². The Morgan fingerprint density at radius 3 is 1.72 bits per heavy atom. The summed E-state index contributed by atoms with van der Waals surface area (Å²) in [5.41, 5.74) is 7.24. The molecule has 2 aromatic carbocycles. The normalized spacial score (nSPS) is 10.6. The highest BCUT2D eigenvalue weighted by Gasteiger charge is 2.10. The maximum Gasteiger partial charge on any atom is -0.0120 e. The Hall–Kier alpha value is -1.56. The lowest BCUT2D eigenvalue weighted by atomic mass is 9.89. The van der Waals surface area contributed by atoms with Gasteiger partial charge in [0.2, 0.25) is 0 Å². The van der Waals surface area contributed by atoms with Gasteiger partial charge >= 0.3 is 0 Å². The Labute approximate surface area is 111 Å². The molecule has 2 aromatic rings. The second kappa shape index (κ2) is 5.86. The largest absolute Gasteiger partial charge is 0.0622 e. The quantitative estimate of drug-likeness (QED) is 0.700. The van der Waals surface area contributed by atoms with Gasteiger partial charge in [-0.2, -0.15) is 0 Å². The molecule has 2 rings (SSSR count). The van der Waals surface area contributed by atoms with E-state index >= 15 is 0 Å². The van der Waals surface area contributed by atoms with E-state index in [2.05, 4.69) is 63.2 Å². The standard InChI is InChI=1S/C18H22/c1-4-14-12-15(5-2)18(16(6-3)13-14)17-10-8-7-9-11-17/h7-13H,4-6H2,1-3H3. The van der Waals surface area contributed by atoms with Crippen LogP contribution in [-0.4, -0.2) is 0 Å². The SMILES string of the molecule is CCc1cc(CC)c(-c2ccccc2)c(CC)c1. The molecule has 0 unspecified atom stereocenters. The molecule has 0 atom stereocenters. The molecule has 0 fully saturated rings. The number of aryl methyl sites for hydroxylation is 3. The molecular weight excluding hydrogens is 216 g/mol. The summed E-state index contributed by atoms with van der Waals surface area (Å²) in [4.78, 5) is 0. The molecule has 0 aliphatic rings. The van der Waals surface area contributed by atoms with Gasteiger partial charge in [0, 0.05) is 0 Å². The minimum absolute atomic E-state index is 1.10. The van der Waals surface area contributed by atoms with Gasteiger partial charge in [0.1, 0.15) is 0 Å². The monoisotopic (exact) mass is 238 g/mol. The molecular formula is C18H22. The zero-order valence-corrected chi connectivity index (χ0v) is 11.7. The van der Waals surface area contributed by atoms with Crippen LogP contribution in [0.1, 0.15) is 37.5 Å². The summed E-state index contributed by atoms with van der Waals surface area (Å²) in [6, 6.07) is 15.5. The van der Waals surface area contributed by atoms with Gasteiger partial charge in [0.05, 0.1) is 0 Å². The highest BCUT2D eigenvalue weighted by atomic mass is 14.1. The Balaban J connectivity index is 2.64. The molecule has 0 nitrogen and oxygen atoms in total. The first-order valence-corrected chi connectivity index (χ1v) is 7.00. The summed E-state index contributed by atoms with van der Waals surface area (Å²) in [6.45, 7) is 6.73. The van der Waals surface area contributed by atoms with Crippen molar-refractivity contribution in [3.8, 4) is 11.1 Å². The van der Waals surface area contributed by atoms with Crippen molar-refractivity contribution in [3.63, 3.8) is 0 Å². The van der Waals surface area contributed by atoms with E-state index in [9.17, 15) is 0 Å². The summed E-state index contributed by atoms with van der Waals surface area (Å²) >= 11 is 0. The van der Waals surface area contributed by atoms with Crippen molar-refractivity contribution in [2.24, 2.45) is 0 Å². The fourth-order valence-electron chi connectivity index (χ4n) is 2.58. The zero-order chi connectivity index (χ0) is 13.0. The maximum atomic E-state index is 2.38. The van der Waals surface area contributed by atoms with Crippen LogP contribution in [0.15, 0.2) is 42.5 Å². The predicted octanol–water partition coefficient (Wildman–Crippen LogP) is 5.04. The fraction of sp³-hybridized carbons (Fsp3) is 0.333. The molecule has 94 valence electrons. The molecule has 0 amide bonds. The first kappa shape index (κ1) is 12.9. The summed E-state index contributed by atoms with van der Waals surface area (Å²) in [5, 5.41) is 0. The number of hydrogen-bond donors (Lipinski definition) is 0. The number of rotatable bonds is 4. The molecule has 0 saturated heterocycles. The van der Waals surface area contributed by atoms with Crippen LogP contribution in [0.2, 0.25) is 0 Å². The van der Waals surface area contributed by atoms with E-state index in [4.69, 9.17) is 0 Å². The van der Waals surface area contributed by atoms with Crippen molar-refractivity contribution in [2.75, 3.05) is 0 Å². The first-order valence-electron chi connectivity index (χ1n) is 7.00. The lowest BCUT2D eigenvalue weighted by molar-refractivity contribution is 1.05. The van der Waals surface area contributed by atoms with Gasteiger partial charge in [-0.1, -0.05) is 63.2 Å². The van der Waals surface area contributed by atoms with Crippen molar-refractivity contribution in [3.05, 3.63) is 59.2 Å². The molecule has 0 radical (unpaired) electrons. The molecule has 0 aromatic heterocycles. The van der Waals surface area contributed by atoms with Gasteiger partial charge in [0.25, 0.3) is 0 Å². The van der Waals surface area contributed by atoms with Crippen LogP contribution in [0.4, 0.5) is 0 Å². The third kappa shape index (κ3) is 2.48. The smallest absolute Gasteiger partial charge is 0.0120 e. The van der Waals surface area contributed by atoms with E-state index in [1.807, 2.05) is 0 Å². The second-order valence-electron chi connectivity index (χ2n) is 4.72. The Morgan fingerprint density at radius 1 is 0.722 bits per heavy atom.